The Labute approximate surface area is 199 Å². The van der Waals surface area contributed by atoms with Gasteiger partial charge in [-0.25, -0.2) is 0 Å². The molecule has 2 atom stereocenters. The Morgan fingerprint density at radius 1 is 0.909 bits per heavy atom. The summed E-state index contributed by atoms with van der Waals surface area (Å²) in [6.45, 7) is 1.61. The lowest BCUT2D eigenvalue weighted by atomic mass is 9.55. The molecule has 33 heavy (non-hydrogen) atoms. The number of rotatable bonds is 3. The smallest absolute Gasteiger partial charge is 0.244 e. The normalized spacial score (nSPS) is 26.6. The minimum absolute atomic E-state index is 0.206. The van der Waals surface area contributed by atoms with Crippen molar-refractivity contribution in [3.8, 4) is 0 Å². The van der Waals surface area contributed by atoms with Crippen LogP contribution in [0.1, 0.15) is 33.7 Å². The summed E-state index contributed by atoms with van der Waals surface area (Å²) in [5.74, 6) is -2.28. The fraction of sp³-hybridized carbons (Fsp3) is 0.222. The molecule has 5 nitrogen and oxygen atoms in total. The molecule has 1 saturated heterocycles. The van der Waals surface area contributed by atoms with E-state index >= 15 is 0 Å². The standard InChI is InChI=1S/C27H21BrN2O3/c1-15-8-2-7-13-20(15)29-21(31)14-30-25(32)23-22-16-9-3-5-11-18(16)27(28,24(23)26(30)33)19-12-6-4-10-17(19)22/h2-13,22-24H,14H2,1H3,(H,29,31)/t22?,23-,24-,27?/m0/s1. The first-order valence-corrected chi connectivity index (χ1v) is 11.8. The van der Waals surface area contributed by atoms with Crippen molar-refractivity contribution >= 4 is 39.3 Å². The molecule has 3 aromatic carbocycles. The summed E-state index contributed by atoms with van der Waals surface area (Å²) in [7, 11) is 0. The van der Waals surface area contributed by atoms with Crippen molar-refractivity contribution in [3.05, 3.63) is 101 Å². The Kier molecular flexibility index (Phi) is 4.40. The molecule has 0 unspecified atom stereocenters. The molecule has 1 aliphatic heterocycles. The molecule has 0 aromatic heterocycles. The molecular weight excluding hydrogens is 480 g/mol. The van der Waals surface area contributed by atoms with Gasteiger partial charge in [0.25, 0.3) is 0 Å². The van der Waals surface area contributed by atoms with Crippen molar-refractivity contribution in [1.82, 2.24) is 4.90 Å². The maximum Gasteiger partial charge on any atom is 0.244 e. The van der Waals surface area contributed by atoms with Gasteiger partial charge in [0, 0.05) is 11.6 Å². The number of likely N-dealkylation sites (tertiary alicyclic amines) is 1. The monoisotopic (exact) mass is 500 g/mol. The van der Waals surface area contributed by atoms with E-state index in [9.17, 15) is 14.4 Å². The van der Waals surface area contributed by atoms with Crippen LogP contribution in [0.3, 0.4) is 0 Å². The van der Waals surface area contributed by atoms with Gasteiger partial charge in [-0.05, 0) is 40.8 Å². The Morgan fingerprint density at radius 3 is 2.12 bits per heavy atom. The lowest BCUT2D eigenvalue weighted by Gasteiger charge is -2.51. The number of carbonyl (C=O) groups excluding carboxylic acids is 3. The van der Waals surface area contributed by atoms with Crippen LogP contribution in [0.15, 0.2) is 72.8 Å². The third-order valence-corrected chi connectivity index (χ3v) is 8.67. The van der Waals surface area contributed by atoms with Crippen molar-refractivity contribution < 1.29 is 14.4 Å². The average molecular weight is 501 g/mol. The molecule has 0 radical (unpaired) electrons. The van der Waals surface area contributed by atoms with Crippen molar-refractivity contribution in [2.24, 2.45) is 11.8 Å². The number of anilines is 1. The first kappa shape index (κ1) is 20.4. The second-order valence-electron chi connectivity index (χ2n) is 8.99. The maximum absolute atomic E-state index is 13.7. The summed E-state index contributed by atoms with van der Waals surface area (Å²) in [6, 6.07) is 23.5. The third-order valence-electron chi connectivity index (χ3n) is 7.33. The van der Waals surface area contributed by atoms with Crippen LogP contribution < -0.4 is 5.32 Å². The van der Waals surface area contributed by atoms with E-state index in [1.807, 2.05) is 79.7 Å². The number of imide groups is 1. The van der Waals surface area contributed by atoms with Crippen molar-refractivity contribution in [3.63, 3.8) is 0 Å². The molecule has 3 aliphatic carbocycles. The van der Waals surface area contributed by atoms with Gasteiger partial charge in [0.15, 0.2) is 0 Å². The summed E-state index contributed by atoms with van der Waals surface area (Å²) in [4.78, 5) is 41.4. The van der Waals surface area contributed by atoms with Gasteiger partial charge < -0.3 is 5.32 Å². The first-order valence-electron chi connectivity index (χ1n) is 11.0. The lowest BCUT2D eigenvalue weighted by molar-refractivity contribution is -0.142. The molecule has 1 fully saturated rings. The maximum atomic E-state index is 13.7. The van der Waals surface area contributed by atoms with Gasteiger partial charge in [-0.2, -0.15) is 0 Å². The third kappa shape index (κ3) is 2.67. The number of alkyl halides is 1. The number of aryl methyl sites for hydroxylation is 1. The number of halogens is 1. The quantitative estimate of drug-likeness (QED) is 0.429. The van der Waals surface area contributed by atoms with Crippen molar-refractivity contribution in [2.45, 2.75) is 17.2 Å². The van der Waals surface area contributed by atoms with E-state index in [1.54, 1.807) is 0 Å². The minimum atomic E-state index is -0.798. The molecule has 4 aliphatic rings. The summed E-state index contributed by atoms with van der Waals surface area (Å²) in [5.41, 5.74) is 5.80. The number of nitrogens with zero attached hydrogens (tertiary/aromatic N) is 1. The molecule has 3 aromatic rings. The van der Waals surface area contributed by atoms with Gasteiger partial charge in [-0.15, -0.1) is 0 Å². The molecule has 2 bridgehead atoms. The van der Waals surface area contributed by atoms with E-state index < -0.39 is 16.2 Å². The van der Waals surface area contributed by atoms with Crippen LogP contribution in [-0.4, -0.2) is 29.2 Å². The Balaban J connectivity index is 1.40. The van der Waals surface area contributed by atoms with E-state index in [1.165, 1.54) is 0 Å². The van der Waals surface area contributed by atoms with Crippen molar-refractivity contribution in [2.75, 3.05) is 11.9 Å². The zero-order valence-electron chi connectivity index (χ0n) is 17.9. The predicted molar refractivity (Wildman–Crippen MR) is 128 cm³/mol. The number of nitrogens with one attached hydrogen (secondary N) is 1. The highest BCUT2D eigenvalue weighted by Crippen LogP contribution is 2.66. The van der Waals surface area contributed by atoms with Gasteiger partial charge in [0.1, 0.15) is 6.54 Å². The van der Waals surface area contributed by atoms with Gasteiger partial charge in [0.05, 0.1) is 16.2 Å². The zero-order valence-corrected chi connectivity index (χ0v) is 19.5. The first-order chi connectivity index (χ1) is 15.9. The van der Waals surface area contributed by atoms with E-state index in [0.29, 0.717) is 5.69 Å². The molecular formula is C27H21BrN2O3. The summed E-state index contributed by atoms with van der Waals surface area (Å²) in [5, 5.41) is 2.84. The molecule has 0 saturated carbocycles. The molecule has 0 spiro atoms. The van der Waals surface area contributed by atoms with E-state index in [-0.39, 0.29) is 30.2 Å². The summed E-state index contributed by atoms with van der Waals surface area (Å²) < 4.78 is -0.798. The average Bonchev–Trinajstić information content (AvgIpc) is 3.07. The molecule has 1 heterocycles. The molecule has 1 N–H and O–H groups in total. The number of carbonyl (C=O) groups is 3. The van der Waals surface area contributed by atoms with E-state index in [4.69, 9.17) is 0 Å². The molecule has 7 rings (SSSR count). The number of hydrogen-bond donors (Lipinski definition) is 1. The fourth-order valence-electron chi connectivity index (χ4n) is 5.94. The second-order valence-corrected chi connectivity index (χ2v) is 10.2. The zero-order chi connectivity index (χ0) is 22.9. The highest BCUT2D eigenvalue weighted by atomic mass is 79.9. The summed E-state index contributed by atoms with van der Waals surface area (Å²) in [6.07, 6.45) is 0. The van der Waals surface area contributed by atoms with Gasteiger partial charge in [-0.3, -0.25) is 19.3 Å². The van der Waals surface area contributed by atoms with Gasteiger partial charge >= 0.3 is 0 Å². The number of para-hydroxylation sites is 1. The minimum Gasteiger partial charge on any atom is -0.324 e. The molecule has 3 amide bonds. The highest BCUT2D eigenvalue weighted by Gasteiger charge is 2.67. The van der Waals surface area contributed by atoms with Crippen LogP contribution >= 0.6 is 15.9 Å². The Bertz CT molecular complexity index is 1300. The number of benzene rings is 3. The van der Waals surface area contributed by atoms with Crippen LogP contribution in [0.5, 0.6) is 0 Å². The Hall–Kier alpha value is -3.25. The van der Waals surface area contributed by atoms with Crippen LogP contribution in [0.4, 0.5) is 5.69 Å². The fourth-order valence-corrected chi connectivity index (χ4v) is 7.14. The number of amides is 3. The van der Waals surface area contributed by atoms with Crippen LogP contribution in [0.25, 0.3) is 0 Å². The van der Waals surface area contributed by atoms with Crippen LogP contribution in [-0.2, 0) is 18.7 Å². The number of hydrogen-bond acceptors (Lipinski definition) is 3. The Morgan fingerprint density at radius 2 is 1.48 bits per heavy atom. The van der Waals surface area contributed by atoms with Crippen molar-refractivity contribution in [1.29, 1.82) is 0 Å². The van der Waals surface area contributed by atoms with Crippen LogP contribution in [0.2, 0.25) is 0 Å². The molecule has 164 valence electrons. The van der Waals surface area contributed by atoms with Gasteiger partial charge in [0.2, 0.25) is 17.7 Å². The van der Waals surface area contributed by atoms with E-state index in [0.717, 1.165) is 32.7 Å². The SMILES string of the molecule is Cc1ccccc1NC(=O)CN1C(=O)[C@@H]2[C@@H](C1=O)C1c3ccccc3C2(Br)c2ccccc21. The van der Waals surface area contributed by atoms with Gasteiger partial charge in [-0.1, -0.05) is 82.7 Å². The topological polar surface area (TPSA) is 66.5 Å². The molecule has 6 heteroatoms. The predicted octanol–water partition coefficient (Wildman–Crippen LogP) is 4.33. The largest absolute Gasteiger partial charge is 0.324 e. The second kappa shape index (κ2) is 7.12. The highest BCUT2D eigenvalue weighted by molar-refractivity contribution is 9.09. The van der Waals surface area contributed by atoms with E-state index in [2.05, 4.69) is 21.2 Å². The lowest BCUT2D eigenvalue weighted by Crippen LogP contribution is -2.50. The summed E-state index contributed by atoms with van der Waals surface area (Å²) >= 11 is 3.96. The van der Waals surface area contributed by atoms with Crippen LogP contribution in [0, 0.1) is 18.8 Å².